The van der Waals surface area contributed by atoms with Gasteiger partial charge < -0.3 is 19.4 Å². The van der Waals surface area contributed by atoms with E-state index in [1.54, 1.807) is 24.3 Å². The van der Waals surface area contributed by atoms with Crippen LogP contribution in [0.1, 0.15) is 6.92 Å². The lowest BCUT2D eigenvalue weighted by molar-refractivity contribution is -0.312. The summed E-state index contributed by atoms with van der Waals surface area (Å²) in [6.45, 7) is 1.40. The Kier molecular flexibility index (Phi) is 3.34. The largest absolute Gasteiger partial charge is 0.546 e. The molecule has 4 nitrogen and oxygen atoms in total. The number of methoxy groups -OCH3 is 1. The van der Waals surface area contributed by atoms with Crippen molar-refractivity contribution >= 4 is 5.97 Å². The zero-order valence-corrected chi connectivity index (χ0v) is 8.02. The predicted octanol–water partition coefficient (Wildman–Crippen LogP) is 0.212. The molecule has 1 rings (SSSR count). The standard InChI is InChI=1S/C10H12O4/c1-7(10(11)12)14-9-6-4-3-5-8(9)13-2/h3-7H,1-2H3,(H,11,12)/p-1. The molecule has 14 heavy (non-hydrogen) atoms. The number of carboxylic acids is 1. The maximum Gasteiger partial charge on any atom is 0.162 e. The van der Waals surface area contributed by atoms with Gasteiger partial charge in [0.05, 0.1) is 13.1 Å². The average molecular weight is 195 g/mol. The van der Waals surface area contributed by atoms with Crippen molar-refractivity contribution in [2.75, 3.05) is 7.11 Å². The summed E-state index contributed by atoms with van der Waals surface area (Å²) < 4.78 is 10.1. The lowest BCUT2D eigenvalue weighted by Gasteiger charge is -2.17. The van der Waals surface area contributed by atoms with E-state index in [2.05, 4.69) is 0 Å². The summed E-state index contributed by atoms with van der Waals surface area (Å²) in [7, 11) is 1.49. The van der Waals surface area contributed by atoms with Crippen molar-refractivity contribution in [2.45, 2.75) is 13.0 Å². The van der Waals surface area contributed by atoms with E-state index in [0.717, 1.165) is 0 Å². The van der Waals surface area contributed by atoms with Gasteiger partial charge in [-0.3, -0.25) is 0 Å². The minimum atomic E-state index is -1.25. The summed E-state index contributed by atoms with van der Waals surface area (Å²) in [6.07, 6.45) is -0.994. The van der Waals surface area contributed by atoms with Crippen LogP contribution in [0, 0.1) is 0 Å². The van der Waals surface area contributed by atoms with Crippen LogP contribution in [0.3, 0.4) is 0 Å². The monoisotopic (exact) mass is 195 g/mol. The van der Waals surface area contributed by atoms with E-state index in [1.165, 1.54) is 14.0 Å². The number of ether oxygens (including phenoxy) is 2. The number of carbonyl (C=O) groups is 1. The minimum absolute atomic E-state index is 0.395. The van der Waals surface area contributed by atoms with Gasteiger partial charge >= 0.3 is 0 Å². The molecule has 0 bridgehead atoms. The quantitative estimate of drug-likeness (QED) is 0.689. The second-order valence-corrected chi connectivity index (χ2v) is 2.73. The van der Waals surface area contributed by atoms with Crippen molar-refractivity contribution in [3.63, 3.8) is 0 Å². The normalized spacial score (nSPS) is 11.9. The van der Waals surface area contributed by atoms with E-state index < -0.39 is 12.1 Å². The van der Waals surface area contributed by atoms with E-state index in [-0.39, 0.29) is 0 Å². The Hall–Kier alpha value is -1.71. The Morgan fingerprint density at radius 3 is 2.43 bits per heavy atom. The van der Waals surface area contributed by atoms with Crippen molar-refractivity contribution in [1.29, 1.82) is 0 Å². The van der Waals surface area contributed by atoms with Crippen molar-refractivity contribution in [2.24, 2.45) is 0 Å². The highest BCUT2D eigenvalue weighted by atomic mass is 16.5. The van der Waals surface area contributed by atoms with Crippen molar-refractivity contribution in [3.8, 4) is 11.5 Å². The van der Waals surface area contributed by atoms with Gasteiger partial charge in [0.1, 0.15) is 6.10 Å². The van der Waals surface area contributed by atoms with Crippen LogP contribution in [0.5, 0.6) is 11.5 Å². The van der Waals surface area contributed by atoms with Gasteiger partial charge in [0, 0.05) is 0 Å². The number of carboxylic acid groups (broad SMARTS) is 1. The fourth-order valence-electron chi connectivity index (χ4n) is 0.955. The number of carbonyl (C=O) groups excluding carboxylic acids is 1. The number of hydrogen-bond donors (Lipinski definition) is 0. The van der Waals surface area contributed by atoms with Crippen molar-refractivity contribution < 1.29 is 19.4 Å². The van der Waals surface area contributed by atoms with Crippen LogP contribution in [0.2, 0.25) is 0 Å². The topological polar surface area (TPSA) is 58.6 Å². The average Bonchev–Trinajstić information content (AvgIpc) is 2.18. The molecular weight excluding hydrogens is 184 g/mol. The summed E-state index contributed by atoms with van der Waals surface area (Å²) in [4.78, 5) is 10.4. The summed E-state index contributed by atoms with van der Waals surface area (Å²) in [5.74, 6) is -0.358. The molecular formula is C10H11O4-. The van der Waals surface area contributed by atoms with Gasteiger partial charge in [-0.25, -0.2) is 0 Å². The van der Waals surface area contributed by atoms with Crippen LogP contribution in [0.15, 0.2) is 24.3 Å². The fourth-order valence-corrected chi connectivity index (χ4v) is 0.955. The highest BCUT2D eigenvalue weighted by molar-refractivity contribution is 5.70. The van der Waals surface area contributed by atoms with Gasteiger partial charge in [-0.05, 0) is 19.1 Å². The number of benzene rings is 1. The van der Waals surface area contributed by atoms with Gasteiger partial charge in [0.25, 0.3) is 0 Å². The highest BCUT2D eigenvalue weighted by Crippen LogP contribution is 2.26. The first-order valence-corrected chi connectivity index (χ1v) is 4.15. The van der Waals surface area contributed by atoms with Crippen LogP contribution in [0.4, 0.5) is 0 Å². The van der Waals surface area contributed by atoms with Gasteiger partial charge in [0.2, 0.25) is 0 Å². The molecule has 76 valence electrons. The van der Waals surface area contributed by atoms with Gasteiger partial charge in [-0.2, -0.15) is 0 Å². The molecule has 1 aromatic rings. The van der Waals surface area contributed by atoms with E-state index in [0.29, 0.717) is 11.5 Å². The van der Waals surface area contributed by atoms with E-state index >= 15 is 0 Å². The zero-order chi connectivity index (χ0) is 10.6. The number of aliphatic carboxylic acids is 1. The minimum Gasteiger partial charge on any atom is -0.546 e. The van der Waals surface area contributed by atoms with E-state index in [9.17, 15) is 9.90 Å². The third-order valence-electron chi connectivity index (χ3n) is 1.70. The first-order chi connectivity index (χ1) is 6.65. The molecule has 0 saturated heterocycles. The Bertz CT molecular complexity index is 322. The molecule has 0 aromatic heterocycles. The molecule has 0 saturated carbocycles. The molecule has 1 atom stereocenters. The Labute approximate surface area is 82.1 Å². The number of para-hydroxylation sites is 2. The van der Waals surface area contributed by atoms with Crippen molar-refractivity contribution in [1.82, 2.24) is 0 Å². The van der Waals surface area contributed by atoms with E-state index in [4.69, 9.17) is 9.47 Å². The first kappa shape index (κ1) is 10.4. The molecule has 0 aliphatic rings. The van der Waals surface area contributed by atoms with Crippen molar-refractivity contribution in [3.05, 3.63) is 24.3 Å². The predicted molar refractivity (Wildman–Crippen MR) is 48.1 cm³/mol. The third kappa shape index (κ3) is 2.39. The molecule has 0 spiro atoms. The Balaban J connectivity index is 2.80. The third-order valence-corrected chi connectivity index (χ3v) is 1.70. The maximum atomic E-state index is 10.4. The lowest BCUT2D eigenvalue weighted by Crippen LogP contribution is -2.37. The molecule has 4 heteroatoms. The van der Waals surface area contributed by atoms with Crippen LogP contribution in [-0.4, -0.2) is 19.2 Å². The lowest BCUT2D eigenvalue weighted by atomic mass is 10.3. The zero-order valence-electron chi connectivity index (χ0n) is 8.02. The Morgan fingerprint density at radius 2 is 1.93 bits per heavy atom. The summed E-state index contributed by atoms with van der Waals surface area (Å²) in [5, 5.41) is 10.4. The highest BCUT2D eigenvalue weighted by Gasteiger charge is 2.08. The van der Waals surface area contributed by atoms with E-state index in [1.807, 2.05) is 0 Å². The first-order valence-electron chi connectivity index (χ1n) is 4.15. The second kappa shape index (κ2) is 4.50. The Morgan fingerprint density at radius 1 is 1.36 bits per heavy atom. The fraction of sp³-hybridized carbons (Fsp3) is 0.300. The van der Waals surface area contributed by atoms with Gasteiger partial charge in [-0.1, -0.05) is 12.1 Å². The van der Waals surface area contributed by atoms with Crippen LogP contribution in [-0.2, 0) is 4.79 Å². The second-order valence-electron chi connectivity index (χ2n) is 2.73. The number of hydrogen-bond acceptors (Lipinski definition) is 4. The summed E-state index contributed by atoms with van der Waals surface area (Å²) in [6, 6.07) is 6.84. The van der Waals surface area contributed by atoms with Crippen LogP contribution < -0.4 is 14.6 Å². The molecule has 0 fully saturated rings. The van der Waals surface area contributed by atoms with Gasteiger partial charge in [0.15, 0.2) is 11.5 Å². The molecule has 0 heterocycles. The molecule has 0 radical (unpaired) electrons. The van der Waals surface area contributed by atoms with Crippen LogP contribution in [0.25, 0.3) is 0 Å². The molecule has 1 unspecified atom stereocenters. The molecule has 0 N–H and O–H groups in total. The number of rotatable bonds is 4. The molecule has 0 aliphatic carbocycles. The molecule has 1 aromatic carbocycles. The molecule has 0 amide bonds. The summed E-state index contributed by atoms with van der Waals surface area (Å²) >= 11 is 0. The summed E-state index contributed by atoms with van der Waals surface area (Å²) in [5.41, 5.74) is 0. The SMILES string of the molecule is COc1ccccc1OC(C)C(=O)[O-]. The van der Waals surface area contributed by atoms with Gasteiger partial charge in [-0.15, -0.1) is 0 Å². The molecule has 0 aliphatic heterocycles. The smallest absolute Gasteiger partial charge is 0.162 e. The van der Waals surface area contributed by atoms with Crippen LogP contribution >= 0.6 is 0 Å². The maximum absolute atomic E-state index is 10.4.